The average Bonchev–Trinajstić information content (AvgIpc) is 2.49. The van der Waals surface area contributed by atoms with E-state index in [4.69, 9.17) is 0 Å². The van der Waals surface area contributed by atoms with Crippen LogP contribution in [0.5, 0.6) is 0 Å². The van der Waals surface area contributed by atoms with Crippen molar-refractivity contribution in [2.24, 2.45) is 0 Å². The molecule has 2 rings (SSSR count). The van der Waals surface area contributed by atoms with Crippen LogP contribution < -0.4 is 4.90 Å². The summed E-state index contributed by atoms with van der Waals surface area (Å²) in [6.07, 6.45) is 1.12. The Morgan fingerprint density at radius 3 is 1.86 bits per heavy atom. The number of rotatable bonds is 3. The summed E-state index contributed by atoms with van der Waals surface area (Å²) in [7, 11) is 0. The van der Waals surface area contributed by atoms with Crippen LogP contribution in [0.3, 0.4) is 0 Å². The maximum absolute atomic E-state index is 2.59. The van der Waals surface area contributed by atoms with Crippen molar-refractivity contribution in [1.29, 1.82) is 0 Å². The minimum absolute atomic E-state index is 0.582. The molecule has 0 radical (unpaired) electrons. The number of piperazine rings is 1. The van der Waals surface area contributed by atoms with Gasteiger partial charge in [0.25, 0.3) is 0 Å². The predicted molar refractivity (Wildman–Crippen MR) is 95.3 cm³/mol. The van der Waals surface area contributed by atoms with Gasteiger partial charge in [0, 0.05) is 36.9 Å². The van der Waals surface area contributed by atoms with Crippen molar-refractivity contribution in [2.75, 3.05) is 18.0 Å². The van der Waals surface area contributed by atoms with Crippen molar-refractivity contribution in [3.63, 3.8) is 0 Å². The van der Waals surface area contributed by atoms with E-state index in [2.05, 4.69) is 68.7 Å². The maximum Gasteiger partial charge on any atom is 0.0392 e. The molecule has 120 valence electrons. The number of hydrogen-bond acceptors (Lipinski definition) is 2. The molecule has 0 N–H and O–H groups in total. The Bertz CT molecular complexity index is 385. The molecule has 1 aromatic carbocycles. The van der Waals surface area contributed by atoms with E-state index in [1.165, 1.54) is 11.3 Å². The van der Waals surface area contributed by atoms with Gasteiger partial charge in [-0.25, -0.2) is 0 Å². The van der Waals surface area contributed by atoms with Crippen LogP contribution in [0.4, 0.5) is 5.69 Å². The smallest absolute Gasteiger partial charge is 0.0392 e. The summed E-state index contributed by atoms with van der Waals surface area (Å²) in [5.41, 5.74) is 2.80. The van der Waals surface area contributed by atoms with Gasteiger partial charge in [0.2, 0.25) is 0 Å². The maximum atomic E-state index is 2.59. The highest BCUT2D eigenvalue weighted by atomic mass is 15.3. The summed E-state index contributed by atoms with van der Waals surface area (Å²) in [5.74, 6) is 0. The second kappa shape index (κ2) is 8.43. The van der Waals surface area contributed by atoms with E-state index >= 15 is 0 Å². The monoisotopic (exact) mass is 290 g/mol. The predicted octanol–water partition coefficient (Wildman–Crippen LogP) is 4.58. The van der Waals surface area contributed by atoms with Crippen LogP contribution in [-0.2, 0) is 6.42 Å². The minimum Gasteiger partial charge on any atom is -0.364 e. The molecular formula is C19H34N2. The highest BCUT2D eigenvalue weighted by molar-refractivity contribution is 5.50. The normalized spacial score (nSPS) is 23.0. The van der Waals surface area contributed by atoms with Crippen molar-refractivity contribution in [3.05, 3.63) is 29.8 Å². The summed E-state index contributed by atoms with van der Waals surface area (Å²) in [6.45, 7) is 17.8. The first kappa shape index (κ1) is 18.0. The topological polar surface area (TPSA) is 6.48 Å². The van der Waals surface area contributed by atoms with Crippen LogP contribution in [0.25, 0.3) is 0 Å². The third kappa shape index (κ3) is 4.47. The molecule has 0 saturated carbocycles. The molecule has 1 heterocycles. The van der Waals surface area contributed by atoms with E-state index in [0.29, 0.717) is 18.1 Å². The molecule has 1 fully saturated rings. The molecule has 1 aliphatic heterocycles. The van der Waals surface area contributed by atoms with Gasteiger partial charge in [-0.3, -0.25) is 4.90 Å². The molecular weight excluding hydrogens is 256 g/mol. The highest BCUT2D eigenvalue weighted by Crippen LogP contribution is 2.25. The second-order valence-electron chi connectivity index (χ2n) is 6.17. The lowest BCUT2D eigenvalue weighted by Crippen LogP contribution is -2.58. The van der Waals surface area contributed by atoms with E-state index in [-0.39, 0.29) is 0 Å². The standard InChI is InChI=1S/C17H28N2.C2H6/c1-6-16-7-9-17(10-8-16)19-14(4)11-18(13(2)3)12-15(19)5;1-2/h7-10,13-15H,6,11-12H2,1-5H3;1-2H3. The second-order valence-corrected chi connectivity index (χ2v) is 6.17. The Morgan fingerprint density at radius 2 is 1.48 bits per heavy atom. The van der Waals surface area contributed by atoms with Gasteiger partial charge >= 0.3 is 0 Å². The number of aryl methyl sites for hydroxylation is 1. The number of benzene rings is 1. The van der Waals surface area contributed by atoms with E-state index in [0.717, 1.165) is 19.5 Å². The van der Waals surface area contributed by atoms with Crippen LogP contribution in [0.1, 0.15) is 54.0 Å². The Hall–Kier alpha value is -1.02. The molecule has 2 unspecified atom stereocenters. The van der Waals surface area contributed by atoms with Gasteiger partial charge in [-0.05, 0) is 51.8 Å². The third-order valence-electron chi connectivity index (χ3n) is 4.32. The molecule has 2 atom stereocenters. The van der Waals surface area contributed by atoms with E-state index < -0.39 is 0 Å². The molecule has 1 aliphatic rings. The quantitative estimate of drug-likeness (QED) is 0.804. The zero-order valence-corrected chi connectivity index (χ0v) is 15.1. The number of nitrogens with zero attached hydrogens (tertiary/aromatic N) is 2. The first-order valence-corrected chi connectivity index (χ1v) is 8.64. The van der Waals surface area contributed by atoms with Gasteiger partial charge in [-0.2, -0.15) is 0 Å². The summed E-state index contributed by atoms with van der Waals surface area (Å²) in [5, 5.41) is 0. The van der Waals surface area contributed by atoms with Crippen LogP contribution in [0.15, 0.2) is 24.3 Å². The molecule has 21 heavy (non-hydrogen) atoms. The van der Waals surface area contributed by atoms with Crippen molar-refractivity contribution in [1.82, 2.24) is 4.90 Å². The Labute approximate surface area is 132 Å². The first-order valence-electron chi connectivity index (χ1n) is 8.64. The lowest BCUT2D eigenvalue weighted by molar-refractivity contribution is 0.161. The molecule has 0 amide bonds. The fourth-order valence-electron chi connectivity index (χ4n) is 3.20. The Kier molecular flexibility index (Phi) is 7.24. The van der Waals surface area contributed by atoms with Crippen LogP contribution in [0, 0.1) is 0 Å². The van der Waals surface area contributed by atoms with E-state index in [1.54, 1.807) is 0 Å². The van der Waals surface area contributed by atoms with Gasteiger partial charge in [0.05, 0.1) is 0 Å². The molecule has 0 spiro atoms. The van der Waals surface area contributed by atoms with Gasteiger partial charge in [-0.1, -0.05) is 32.9 Å². The summed E-state index contributed by atoms with van der Waals surface area (Å²) in [4.78, 5) is 5.17. The third-order valence-corrected chi connectivity index (χ3v) is 4.32. The molecule has 1 saturated heterocycles. The van der Waals surface area contributed by atoms with Crippen molar-refractivity contribution in [3.8, 4) is 0 Å². The SMILES string of the molecule is CC.CCc1ccc(N2C(C)CN(C(C)C)CC2C)cc1. The largest absolute Gasteiger partial charge is 0.364 e. The van der Waals surface area contributed by atoms with Crippen LogP contribution in [0.2, 0.25) is 0 Å². The fourth-order valence-corrected chi connectivity index (χ4v) is 3.20. The van der Waals surface area contributed by atoms with E-state index in [1.807, 2.05) is 13.8 Å². The van der Waals surface area contributed by atoms with Crippen molar-refractivity contribution >= 4 is 5.69 Å². The van der Waals surface area contributed by atoms with Gasteiger partial charge < -0.3 is 4.90 Å². The summed E-state index contributed by atoms with van der Waals surface area (Å²) >= 11 is 0. The van der Waals surface area contributed by atoms with Crippen LogP contribution >= 0.6 is 0 Å². The molecule has 2 heteroatoms. The lowest BCUT2D eigenvalue weighted by atomic mass is 10.0. The van der Waals surface area contributed by atoms with E-state index in [9.17, 15) is 0 Å². The van der Waals surface area contributed by atoms with Gasteiger partial charge in [-0.15, -0.1) is 0 Å². The van der Waals surface area contributed by atoms with Gasteiger partial charge in [0.15, 0.2) is 0 Å². The Balaban J connectivity index is 0.00000106. The molecule has 0 aliphatic carbocycles. The zero-order valence-electron chi connectivity index (χ0n) is 15.1. The average molecular weight is 290 g/mol. The molecule has 2 nitrogen and oxygen atoms in total. The van der Waals surface area contributed by atoms with Crippen molar-refractivity contribution < 1.29 is 0 Å². The molecule has 0 bridgehead atoms. The van der Waals surface area contributed by atoms with Crippen molar-refractivity contribution in [2.45, 2.75) is 73.0 Å². The lowest BCUT2D eigenvalue weighted by Gasteiger charge is -2.47. The first-order chi connectivity index (χ1) is 10.0. The van der Waals surface area contributed by atoms with Crippen LogP contribution in [-0.4, -0.2) is 36.1 Å². The highest BCUT2D eigenvalue weighted by Gasteiger charge is 2.30. The summed E-state index contributed by atoms with van der Waals surface area (Å²) in [6, 6.07) is 10.9. The minimum atomic E-state index is 0.582. The number of anilines is 1. The number of hydrogen-bond donors (Lipinski definition) is 0. The summed E-state index contributed by atoms with van der Waals surface area (Å²) < 4.78 is 0. The van der Waals surface area contributed by atoms with Gasteiger partial charge in [0.1, 0.15) is 0 Å². The Morgan fingerprint density at radius 1 is 1.00 bits per heavy atom. The molecule has 1 aromatic rings. The zero-order chi connectivity index (χ0) is 16.0. The molecule has 0 aromatic heterocycles. The fraction of sp³-hybridized carbons (Fsp3) is 0.684.